The van der Waals surface area contributed by atoms with Crippen molar-refractivity contribution in [2.24, 2.45) is 28.6 Å². The SMILES string of the molecule is CC(C)(O)CCC(O)[C@](C)(O)[C@H]1CC[C@@]2(O)C3=CC(=O)[C@@H]4C[C@@H](O[C@@H]5OC[C@@H](O)[C@](O)(C6O[C@H](CO)[C@@H](O)[C@H](O)[C@H]6O)[C@H]5O)[C@@H](O)C[C@]4(C)[C@H]3CC[C@]12C. The molecule has 16 heteroatoms. The van der Waals surface area contributed by atoms with E-state index in [1.165, 1.54) is 6.08 Å². The number of hydrogen-bond donors (Lipinski definition) is 12. The van der Waals surface area contributed by atoms with Gasteiger partial charge in [0.25, 0.3) is 0 Å². The van der Waals surface area contributed by atoms with Gasteiger partial charge >= 0.3 is 0 Å². The molecule has 54 heavy (non-hydrogen) atoms. The van der Waals surface area contributed by atoms with Gasteiger partial charge < -0.3 is 75.5 Å². The summed E-state index contributed by atoms with van der Waals surface area (Å²) < 4.78 is 17.1. The van der Waals surface area contributed by atoms with E-state index in [1.54, 1.807) is 20.8 Å². The number of rotatable bonds is 9. The van der Waals surface area contributed by atoms with Crippen LogP contribution in [-0.4, -0.2) is 170 Å². The molecule has 0 aromatic carbocycles. The second-order valence-electron chi connectivity index (χ2n) is 18.6. The summed E-state index contributed by atoms with van der Waals surface area (Å²) in [7, 11) is 0. The van der Waals surface area contributed by atoms with Crippen LogP contribution in [0.3, 0.4) is 0 Å². The average Bonchev–Trinajstić information content (AvgIpc) is 3.38. The number of aliphatic hydroxyl groups is 12. The molecule has 6 aliphatic rings. The van der Waals surface area contributed by atoms with Crippen LogP contribution in [0.25, 0.3) is 0 Å². The Morgan fingerprint density at radius 2 is 1.63 bits per heavy atom. The topological polar surface area (TPSA) is 288 Å². The van der Waals surface area contributed by atoms with Crippen LogP contribution in [0.2, 0.25) is 0 Å². The summed E-state index contributed by atoms with van der Waals surface area (Å²) in [6, 6.07) is 0. The average molecular weight is 775 g/mol. The molecule has 0 bridgehead atoms. The standard InChI is InChI=1S/C38H62O16/c1-33(2,48)9-8-25(42)36(5,49)24-7-11-37(50)18-12-20(40)19-13-22(21(41)14-34(19,3)17(18)6-10-35(24,37)4)54-32-30(47)38(51,26(43)16-52-32)31-29(46)28(45)27(44)23(15-39)53-31/h12,17,19,21-32,39,41-51H,6-11,13-16H2,1-5H3/t17-,19-,21-,22+,23+,24-,25?,26+,27+,28-,29+,30-,31?,32-,34+,35+,36+,37+,38+/m0/s1. The Balaban J connectivity index is 1.21. The van der Waals surface area contributed by atoms with Crippen LogP contribution in [0.4, 0.5) is 0 Å². The van der Waals surface area contributed by atoms with Gasteiger partial charge in [-0.25, -0.2) is 0 Å². The molecule has 0 radical (unpaired) electrons. The van der Waals surface area contributed by atoms with Crippen molar-refractivity contribution in [3.05, 3.63) is 11.6 Å². The number of carbonyl (C=O) groups excluding carboxylic acids is 1. The molecular formula is C38H62O16. The van der Waals surface area contributed by atoms with E-state index < -0.39 is 126 Å². The second-order valence-corrected chi connectivity index (χ2v) is 18.6. The summed E-state index contributed by atoms with van der Waals surface area (Å²) in [6.45, 7) is 7.19. The Morgan fingerprint density at radius 3 is 2.26 bits per heavy atom. The summed E-state index contributed by atoms with van der Waals surface area (Å²) in [6.07, 6.45) is -14.6. The van der Waals surface area contributed by atoms with Crippen LogP contribution >= 0.6 is 0 Å². The lowest BCUT2D eigenvalue weighted by Crippen LogP contribution is -2.75. The smallest absolute Gasteiger partial charge is 0.187 e. The van der Waals surface area contributed by atoms with Crippen molar-refractivity contribution < 1.29 is 80.3 Å². The molecule has 3 saturated carbocycles. The zero-order valence-electron chi connectivity index (χ0n) is 31.7. The highest BCUT2D eigenvalue weighted by molar-refractivity contribution is 5.95. The Bertz CT molecular complexity index is 1430. The first kappa shape index (κ1) is 42.4. The van der Waals surface area contributed by atoms with E-state index in [9.17, 15) is 66.1 Å². The molecule has 12 N–H and O–H groups in total. The quantitative estimate of drug-likeness (QED) is 0.116. The highest BCUT2D eigenvalue weighted by Crippen LogP contribution is 2.68. The molecule has 0 aromatic rings. The zero-order valence-corrected chi connectivity index (χ0v) is 31.7. The summed E-state index contributed by atoms with van der Waals surface area (Å²) in [5.74, 6) is -1.82. The lowest BCUT2D eigenvalue weighted by atomic mass is 9.45. The maximum atomic E-state index is 14.1. The number of ketones is 1. The number of carbonyl (C=O) groups is 1. The maximum Gasteiger partial charge on any atom is 0.187 e. The minimum Gasteiger partial charge on any atom is -0.394 e. The summed E-state index contributed by atoms with van der Waals surface area (Å²) in [5, 5.41) is 132. The molecule has 19 atom stereocenters. The zero-order chi connectivity index (χ0) is 40.1. The minimum atomic E-state index is -2.73. The highest BCUT2D eigenvalue weighted by Gasteiger charge is 2.70. The van der Waals surface area contributed by atoms with Crippen molar-refractivity contribution in [1.29, 1.82) is 0 Å². The van der Waals surface area contributed by atoms with Gasteiger partial charge in [0.2, 0.25) is 0 Å². The van der Waals surface area contributed by atoms with Gasteiger partial charge in [-0.2, -0.15) is 0 Å². The Hall–Kier alpha value is -1.19. The van der Waals surface area contributed by atoms with Gasteiger partial charge in [-0.05, 0) is 101 Å². The van der Waals surface area contributed by atoms with E-state index in [1.807, 2.05) is 13.8 Å². The van der Waals surface area contributed by atoms with Gasteiger partial charge in [0.05, 0.1) is 48.3 Å². The third kappa shape index (κ3) is 6.45. The van der Waals surface area contributed by atoms with Crippen LogP contribution in [0.15, 0.2) is 11.6 Å². The molecular weight excluding hydrogens is 712 g/mol. The van der Waals surface area contributed by atoms with E-state index in [0.717, 1.165) is 0 Å². The fraction of sp³-hybridized carbons (Fsp3) is 0.921. The van der Waals surface area contributed by atoms with Gasteiger partial charge in [0, 0.05) is 11.3 Å². The fourth-order valence-corrected chi connectivity index (χ4v) is 11.4. The molecule has 0 spiro atoms. The molecule has 2 heterocycles. The van der Waals surface area contributed by atoms with Gasteiger partial charge in [-0.3, -0.25) is 4.79 Å². The van der Waals surface area contributed by atoms with Crippen molar-refractivity contribution in [2.45, 2.75) is 176 Å². The fourth-order valence-electron chi connectivity index (χ4n) is 11.4. The summed E-state index contributed by atoms with van der Waals surface area (Å²) >= 11 is 0. The van der Waals surface area contributed by atoms with Crippen LogP contribution in [0.1, 0.15) is 86.0 Å². The number of ether oxygens (including phenoxy) is 3. The maximum absolute atomic E-state index is 14.1. The molecule has 16 nitrogen and oxygen atoms in total. The lowest BCUT2D eigenvalue weighted by Gasteiger charge is -2.61. The minimum absolute atomic E-state index is 0.0230. The van der Waals surface area contributed by atoms with Gasteiger partial charge in [0.1, 0.15) is 42.7 Å². The Morgan fingerprint density at radius 1 is 0.963 bits per heavy atom. The van der Waals surface area contributed by atoms with Crippen LogP contribution < -0.4 is 0 Å². The molecule has 6 rings (SSSR count). The number of hydrogen-bond acceptors (Lipinski definition) is 16. The summed E-state index contributed by atoms with van der Waals surface area (Å²) in [4.78, 5) is 14.1. The third-order valence-corrected chi connectivity index (χ3v) is 14.8. The van der Waals surface area contributed by atoms with Crippen molar-refractivity contribution in [1.82, 2.24) is 0 Å². The van der Waals surface area contributed by atoms with Crippen molar-refractivity contribution in [3.63, 3.8) is 0 Å². The van der Waals surface area contributed by atoms with Gasteiger partial charge in [0.15, 0.2) is 17.7 Å². The first-order chi connectivity index (χ1) is 24.9. The van der Waals surface area contributed by atoms with E-state index >= 15 is 0 Å². The number of fused-ring (bicyclic) bond motifs is 5. The van der Waals surface area contributed by atoms with E-state index in [2.05, 4.69) is 0 Å². The largest absolute Gasteiger partial charge is 0.394 e. The van der Waals surface area contributed by atoms with Crippen LogP contribution in [-0.2, 0) is 19.0 Å². The monoisotopic (exact) mass is 774 g/mol. The molecule has 5 fully saturated rings. The number of aliphatic hydroxyl groups excluding tert-OH is 8. The van der Waals surface area contributed by atoms with Crippen molar-refractivity contribution in [2.75, 3.05) is 13.2 Å². The Labute approximate surface area is 315 Å². The van der Waals surface area contributed by atoms with Gasteiger partial charge in [-0.1, -0.05) is 13.8 Å². The van der Waals surface area contributed by atoms with E-state index in [0.29, 0.717) is 24.8 Å². The first-order valence-corrected chi connectivity index (χ1v) is 19.3. The molecule has 2 unspecified atom stereocenters. The molecule has 0 aromatic heterocycles. The molecule has 0 amide bonds. The van der Waals surface area contributed by atoms with Crippen LogP contribution in [0, 0.1) is 28.6 Å². The van der Waals surface area contributed by atoms with Crippen molar-refractivity contribution >= 4 is 5.78 Å². The molecule has 2 aliphatic heterocycles. The van der Waals surface area contributed by atoms with E-state index in [4.69, 9.17) is 14.2 Å². The summed E-state index contributed by atoms with van der Waals surface area (Å²) in [5.41, 5.74) is -8.00. The predicted octanol–water partition coefficient (Wildman–Crippen LogP) is -2.47. The van der Waals surface area contributed by atoms with Crippen LogP contribution in [0.5, 0.6) is 0 Å². The first-order valence-electron chi connectivity index (χ1n) is 19.3. The normalized spacial score (nSPS) is 51.4. The van der Waals surface area contributed by atoms with E-state index in [-0.39, 0.29) is 43.8 Å². The van der Waals surface area contributed by atoms with Crippen molar-refractivity contribution in [3.8, 4) is 0 Å². The number of allylic oxidation sites excluding steroid dienone is 1. The van der Waals surface area contributed by atoms with Gasteiger partial charge in [-0.15, -0.1) is 0 Å². The molecule has 310 valence electrons. The second kappa shape index (κ2) is 14.3. The lowest BCUT2D eigenvalue weighted by molar-refractivity contribution is -0.365. The predicted molar refractivity (Wildman–Crippen MR) is 186 cm³/mol. The third-order valence-electron chi connectivity index (χ3n) is 14.8. The molecule has 4 aliphatic carbocycles. The highest BCUT2D eigenvalue weighted by atomic mass is 16.7. The Kier molecular flexibility index (Phi) is 11.2. The molecule has 2 saturated heterocycles.